The molecule has 0 heterocycles. The minimum absolute atomic E-state index is 0.383. The molecule has 0 amide bonds. The Morgan fingerprint density at radius 1 is 1.06 bits per heavy atom. The van der Waals surface area contributed by atoms with E-state index in [0.29, 0.717) is 16.1 Å². The minimum Gasteiger partial charge on any atom is -0.465 e. The number of methoxy groups -OCH3 is 1. The van der Waals surface area contributed by atoms with Crippen molar-refractivity contribution in [2.45, 2.75) is 0 Å². The van der Waals surface area contributed by atoms with Crippen LogP contribution in [0.5, 0.6) is 0 Å². The maximum atomic E-state index is 11.7. The van der Waals surface area contributed by atoms with Crippen molar-refractivity contribution < 1.29 is 9.53 Å². The lowest BCUT2D eigenvalue weighted by Crippen LogP contribution is -2.03. The monoisotopic (exact) mass is 246 g/mol. The molecule has 17 heavy (non-hydrogen) atoms. The van der Waals surface area contributed by atoms with E-state index in [2.05, 4.69) is 0 Å². The lowest BCUT2D eigenvalue weighted by molar-refractivity contribution is 0.0601. The van der Waals surface area contributed by atoms with Crippen molar-refractivity contribution in [1.82, 2.24) is 0 Å². The normalized spacial score (nSPS) is 10.0. The molecule has 2 aromatic rings. The molecule has 0 saturated carbocycles. The first-order valence-corrected chi connectivity index (χ1v) is 5.54. The number of hydrogen-bond acceptors (Lipinski definition) is 2. The van der Waals surface area contributed by atoms with Crippen LogP contribution in [0.4, 0.5) is 0 Å². The zero-order chi connectivity index (χ0) is 12.3. The van der Waals surface area contributed by atoms with Gasteiger partial charge in [0.15, 0.2) is 0 Å². The molecule has 2 nitrogen and oxygen atoms in total. The van der Waals surface area contributed by atoms with Crippen LogP contribution in [0.3, 0.4) is 0 Å². The molecule has 0 atom stereocenters. The Bertz CT molecular complexity index is 535. The summed E-state index contributed by atoms with van der Waals surface area (Å²) in [6.07, 6.45) is 0. The predicted molar refractivity (Wildman–Crippen MR) is 68.2 cm³/mol. The van der Waals surface area contributed by atoms with Gasteiger partial charge in [-0.25, -0.2) is 4.79 Å². The molecular weight excluding hydrogens is 236 g/mol. The molecule has 0 aromatic heterocycles. The summed E-state index contributed by atoms with van der Waals surface area (Å²) in [6.45, 7) is 0. The Morgan fingerprint density at radius 3 is 2.41 bits per heavy atom. The smallest absolute Gasteiger partial charge is 0.338 e. The van der Waals surface area contributed by atoms with Crippen LogP contribution in [0.15, 0.2) is 48.5 Å². The molecule has 0 N–H and O–H groups in total. The molecule has 0 saturated heterocycles. The zero-order valence-corrected chi connectivity index (χ0v) is 10.1. The van der Waals surface area contributed by atoms with Gasteiger partial charge in [-0.3, -0.25) is 0 Å². The summed E-state index contributed by atoms with van der Waals surface area (Å²) in [5, 5.41) is 0.541. The standard InChI is InChI=1S/C14H11ClO2/c1-17-14(16)11-8-5-9-12(15)13(11)10-6-3-2-4-7-10/h2-9H,1H3. The molecule has 3 heteroatoms. The lowest BCUT2D eigenvalue weighted by Gasteiger charge is -2.09. The second-order valence-electron chi connectivity index (χ2n) is 3.52. The SMILES string of the molecule is COC(=O)c1cccc(Cl)c1-c1ccccc1. The van der Waals surface area contributed by atoms with Crippen LogP contribution in [0.2, 0.25) is 5.02 Å². The first-order chi connectivity index (χ1) is 8.24. The summed E-state index contributed by atoms with van der Waals surface area (Å²) in [6, 6.07) is 14.7. The number of halogens is 1. The second kappa shape index (κ2) is 5.02. The van der Waals surface area contributed by atoms with E-state index in [1.54, 1.807) is 18.2 Å². The Morgan fingerprint density at radius 2 is 1.76 bits per heavy atom. The summed E-state index contributed by atoms with van der Waals surface area (Å²) in [7, 11) is 1.36. The molecule has 2 rings (SSSR count). The van der Waals surface area contributed by atoms with E-state index in [9.17, 15) is 4.79 Å². The highest BCUT2D eigenvalue weighted by molar-refractivity contribution is 6.34. The molecule has 2 aromatic carbocycles. The summed E-state index contributed by atoms with van der Waals surface area (Å²) < 4.78 is 4.76. The first kappa shape index (κ1) is 11.7. The predicted octanol–water partition coefficient (Wildman–Crippen LogP) is 3.79. The van der Waals surface area contributed by atoms with Crippen molar-refractivity contribution in [1.29, 1.82) is 0 Å². The number of rotatable bonds is 2. The van der Waals surface area contributed by atoms with Crippen molar-refractivity contribution in [2.75, 3.05) is 7.11 Å². The second-order valence-corrected chi connectivity index (χ2v) is 3.93. The largest absolute Gasteiger partial charge is 0.465 e. The maximum absolute atomic E-state index is 11.7. The van der Waals surface area contributed by atoms with Crippen molar-refractivity contribution in [3.8, 4) is 11.1 Å². The van der Waals surface area contributed by atoms with Crippen LogP contribution in [0, 0.1) is 0 Å². The summed E-state index contributed by atoms with van der Waals surface area (Å²) in [5.41, 5.74) is 2.09. The van der Waals surface area contributed by atoms with Gasteiger partial charge < -0.3 is 4.74 Å². The van der Waals surface area contributed by atoms with E-state index in [-0.39, 0.29) is 5.97 Å². The Kier molecular flexibility index (Phi) is 3.45. The number of ether oxygens (including phenoxy) is 1. The fourth-order valence-corrected chi connectivity index (χ4v) is 1.99. The van der Waals surface area contributed by atoms with Crippen molar-refractivity contribution in [3.63, 3.8) is 0 Å². The van der Waals surface area contributed by atoms with E-state index in [1.807, 2.05) is 30.3 Å². The average molecular weight is 247 g/mol. The van der Waals surface area contributed by atoms with E-state index < -0.39 is 0 Å². The van der Waals surface area contributed by atoms with Gasteiger partial charge in [0.1, 0.15) is 0 Å². The van der Waals surface area contributed by atoms with Crippen LogP contribution in [-0.2, 0) is 4.74 Å². The molecule has 0 aliphatic heterocycles. The first-order valence-electron chi connectivity index (χ1n) is 5.16. The minimum atomic E-state index is -0.383. The molecular formula is C14H11ClO2. The van der Waals surface area contributed by atoms with Gasteiger partial charge in [0, 0.05) is 10.6 Å². The van der Waals surface area contributed by atoms with Gasteiger partial charge >= 0.3 is 5.97 Å². The molecule has 0 aliphatic rings. The number of benzene rings is 2. The highest BCUT2D eigenvalue weighted by Gasteiger charge is 2.15. The lowest BCUT2D eigenvalue weighted by atomic mass is 10.00. The molecule has 0 radical (unpaired) electrons. The molecule has 0 spiro atoms. The van der Waals surface area contributed by atoms with Gasteiger partial charge in [-0.1, -0.05) is 48.0 Å². The highest BCUT2D eigenvalue weighted by Crippen LogP contribution is 2.31. The van der Waals surface area contributed by atoms with Crippen molar-refractivity contribution in [2.24, 2.45) is 0 Å². The van der Waals surface area contributed by atoms with Crippen molar-refractivity contribution >= 4 is 17.6 Å². The zero-order valence-electron chi connectivity index (χ0n) is 9.31. The Balaban J connectivity index is 2.64. The average Bonchev–Trinajstić information content (AvgIpc) is 2.38. The molecule has 0 unspecified atom stereocenters. The van der Waals surface area contributed by atoms with Gasteiger partial charge in [-0.05, 0) is 17.7 Å². The fraction of sp³-hybridized carbons (Fsp3) is 0.0714. The Labute approximate surface area is 105 Å². The fourth-order valence-electron chi connectivity index (χ4n) is 1.70. The van der Waals surface area contributed by atoms with Crippen molar-refractivity contribution in [3.05, 3.63) is 59.1 Å². The highest BCUT2D eigenvalue weighted by atomic mass is 35.5. The van der Waals surface area contributed by atoms with E-state index in [0.717, 1.165) is 5.56 Å². The molecule has 0 aliphatic carbocycles. The quantitative estimate of drug-likeness (QED) is 0.754. The van der Waals surface area contributed by atoms with Gasteiger partial charge in [0.05, 0.1) is 12.7 Å². The van der Waals surface area contributed by atoms with Gasteiger partial charge in [-0.2, -0.15) is 0 Å². The molecule has 0 bridgehead atoms. The van der Waals surface area contributed by atoms with Gasteiger partial charge in [0.2, 0.25) is 0 Å². The summed E-state index contributed by atoms with van der Waals surface area (Å²) >= 11 is 6.16. The number of esters is 1. The van der Waals surface area contributed by atoms with Crippen LogP contribution < -0.4 is 0 Å². The third kappa shape index (κ3) is 2.32. The summed E-state index contributed by atoms with van der Waals surface area (Å²) in [5.74, 6) is -0.383. The molecule has 0 fully saturated rings. The third-order valence-corrected chi connectivity index (χ3v) is 2.80. The number of hydrogen-bond donors (Lipinski definition) is 0. The van der Waals surface area contributed by atoms with E-state index in [4.69, 9.17) is 16.3 Å². The third-order valence-electron chi connectivity index (χ3n) is 2.48. The van der Waals surface area contributed by atoms with Gasteiger partial charge in [-0.15, -0.1) is 0 Å². The maximum Gasteiger partial charge on any atom is 0.338 e. The van der Waals surface area contributed by atoms with Crippen LogP contribution >= 0.6 is 11.6 Å². The van der Waals surface area contributed by atoms with Crippen LogP contribution in [0.25, 0.3) is 11.1 Å². The van der Waals surface area contributed by atoms with Crippen LogP contribution in [0.1, 0.15) is 10.4 Å². The Hall–Kier alpha value is -1.80. The van der Waals surface area contributed by atoms with Gasteiger partial charge in [0.25, 0.3) is 0 Å². The van der Waals surface area contributed by atoms with E-state index >= 15 is 0 Å². The van der Waals surface area contributed by atoms with E-state index in [1.165, 1.54) is 7.11 Å². The number of carbonyl (C=O) groups excluding carboxylic acids is 1. The molecule has 86 valence electrons. The summed E-state index contributed by atoms with van der Waals surface area (Å²) in [4.78, 5) is 11.7. The number of carbonyl (C=O) groups is 1. The topological polar surface area (TPSA) is 26.3 Å². The van der Waals surface area contributed by atoms with Crippen LogP contribution in [-0.4, -0.2) is 13.1 Å².